The first-order valence-corrected chi connectivity index (χ1v) is 5.70. The summed E-state index contributed by atoms with van der Waals surface area (Å²) in [4.78, 5) is 2.10. The minimum atomic E-state index is 0.839. The van der Waals surface area contributed by atoms with Gasteiger partial charge in [0.2, 0.25) is 0 Å². The van der Waals surface area contributed by atoms with Crippen LogP contribution >= 0.6 is 0 Å². The Morgan fingerprint density at radius 3 is 2.41 bits per heavy atom. The van der Waals surface area contributed by atoms with Gasteiger partial charge in [-0.05, 0) is 17.7 Å². The quantitative estimate of drug-likeness (QED) is 0.822. The Hall–Kier alpha value is -1.81. The van der Waals surface area contributed by atoms with E-state index >= 15 is 0 Å². The van der Waals surface area contributed by atoms with Gasteiger partial charge in [0.25, 0.3) is 0 Å². The molecule has 0 atom stereocenters. The second-order valence-corrected chi connectivity index (χ2v) is 4.27. The number of hydrogen-bond donors (Lipinski definition) is 2. The summed E-state index contributed by atoms with van der Waals surface area (Å²) in [6, 6.07) is 8.57. The highest BCUT2D eigenvalue weighted by atomic mass is 15.1. The molecule has 17 heavy (non-hydrogen) atoms. The molecular formula is C13H18N4. The molecule has 0 saturated heterocycles. The molecule has 0 aliphatic heterocycles. The van der Waals surface area contributed by atoms with Crippen LogP contribution in [-0.4, -0.2) is 24.3 Å². The Bertz CT molecular complexity index is 431. The molecule has 2 aromatic rings. The van der Waals surface area contributed by atoms with Crippen LogP contribution in [0.15, 0.2) is 36.7 Å². The van der Waals surface area contributed by atoms with E-state index in [1.165, 1.54) is 16.8 Å². The maximum absolute atomic E-state index is 3.91. The Morgan fingerprint density at radius 1 is 1.12 bits per heavy atom. The monoisotopic (exact) mass is 230 g/mol. The molecule has 2 rings (SSSR count). The third-order valence-electron chi connectivity index (χ3n) is 2.67. The van der Waals surface area contributed by atoms with E-state index in [1.807, 2.05) is 26.5 Å². The number of nitrogens with one attached hydrogen (secondary N) is 2. The van der Waals surface area contributed by atoms with Crippen molar-refractivity contribution in [1.82, 2.24) is 15.5 Å². The summed E-state index contributed by atoms with van der Waals surface area (Å²) in [6.07, 6.45) is 3.74. The number of nitrogens with zero attached hydrogens (tertiary/aromatic N) is 2. The van der Waals surface area contributed by atoms with E-state index in [1.54, 1.807) is 0 Å². The van der Waals surface area contributed by atoms with Gasteiger partial charge in [-0.1, -0.05) is 12.1 Å². The minimum absolute atomic E-state index is 0.839. The minimum Gasteiger partial charge on any atom is -0.378 e. The van der Waals surface area contributed by atoms with Gasteiger partial charge in [0.05, 0.1) is 6.20 Å². The molecule has 90 valence electrons. The molecule has 1 aromatic heterocycles. The lowest BCUT2D eigenvalue weighted by atomic mass is 10.2. The second kappa shape index (κ2) is 5.50. The highest BCUT2D eigenvalue weighted by Gasteiger charge is 1.97. The van der Waals surface area contributed by atoms with Gasteiger partial charge >= 0.3 is 0 Å². The van der Waals surface area contributed by atoms with Crippen LogP contribution in [0.3, 0.4) is 0 Å². The molecule has 0 unspecified atom stereocenters. The molecule has 1 aromatic carbocycles. The van der Waals surface area contributed by atoms with Gasteiger partial charge in [-0.2, -0.15) is 5.10 Å². The van der Waals surface area contributed by atoms with Crippen LogP contribution in [0.25, 0.3) is 0 Å². The first-order chi connectivity index (χ1) is 8.25. The van der Waals surface area contributed by atoms with E-state index in [4.69, 9.17) is 0 Å². The molecule has 0 fully saturated rings. The molecule has 0 bridgehead atoms. The van der Waals surface area contributed by atoms with Crippen LogP contribution in [0.4, 0.5) is 5.69 Å². The Kier molecular flexibility index (Phi) is 3.77. The lowest BCUT2D eigenvalue weighted by Crippen LogP contribution is -2.12. The van der Waals surface area contributed by atoms with Crippen molar-refractivity contribution < 1.29 is 0 Å². The Morgan fingerprint density at radius 2 is 1.82 bits per heavy atom. The fourth-order valence-electron chi connectivity index (χ4n) is 1.64. The van der Waals surface area contributed by atoms with E-state index in [2.05, 4.69) is 44.7 Å². The first kappa shape index (κ1) is 11.7. The second-order valence-electron chi connectivity index (χ2n) is 4.27. The van der Waals surface area contributed by atoms with Crippen molar-refractivity contribution >= 4 is 5.69 Å². The number of aromatic amines is 1. The molecule has 2 N–H and O–H groups in total. The van der Waals surface area contributed by atoms with E-state index in [9.17, 15) is 0 Å². The maximum Gasteiger partial charge on any atom is 0.0532 e. The summed E-state index contributed by atoms with van der Waals surface area (Å²) in [7, 11) is 4.10. The molecule has 1 heterocycles. The van der Waals surface area contributed by atoms with Crippen molar-refractivity contribution in [3.8, 4) is 0 Å². The number of aromatic nitrogens is 2. The summed E-state index contributed by atoms with van der Waals surface area (Å²) >= 11 is 0. The lowest BCUT2D eigenvalue weighted by molar-refractivity contribution is 0.693. The van der Waals surface area contributed by atoms with Gasteiger partial charge in [0.1, 0.15) is 0 Å². The zero-order valence-electron chi connectivity index (χ0n) is 10.3. The normalized spacial score (nSPS) is 10.5. The largest absolute Gasteiger partial charge is 0.378 e. The topological polar surface area (TPSA) is 44.0 Å². The van der Waals surface area contributed by atoms with Crippen LogP contribution in [-0.2, 0) is 13.1 Å². The van der Waals surface area contributed by atoms with Gasteiger partial charge in [0, 0.05) is 44.6 Å². The number of anilines is 1. The molecule has 0 aliphatic rings. The van der Waals surface area contributed by atoms with Crippen LogP contribution in [0, 0.1) is 0 Å². The van der Waals surface area contributed by atoms with Crippen molar-refractivity contribution in [2.24, 2.45) is 0 Å². The van der Waals surface area contributed by atoms with Crippen molar-refractivity contribution in [1.29, 1.82) is 0 Å². The summed E-state index contributed by atoms with van der Waals surface area (Å²) in [5.74, 6) is 0. The Balaban J connectivity index is 1.83. The van der Waals surface area contributed by atoms with Crippen LogP contribution in [0.2, 0.25) is 0 Å². The van der Waals surface area contributed by atoms with Crippen molar-refractivity contribution in [3.63, 3.8) is 0 Å². The van der Waals surface area contributed by atoms with Crippen molar-refractivity contribution in [2.75, 3.05) is 19.0 Å². The van der Waals surface area contributed by atoms with E-state index < -0.39 is 0 Å². The van der Waals surface area contributed by atoms with E-state index in [0.717, 1.165) is 13.1 Å². The van der Waals surface area contributed by atoms with Gasteiger partial charge < -0.3 is 10.2 Å². The summed E-state index contributed by atoms with van der Waals surface area (Å²) in [5.41, 5.74) is 3.69. The first-order valence-electron chi connectivity index (χ1n) is 5.70. The number of benzene rings is 1. The fourth-order valence-corrected chi connectivity index (χ4v) is 1.64. The number of rotatable bonds is 5. The smallest absolute Gasteiger partial charge is 0.0532 e. The molecule has 0 amide bonds. The molecule has 0 spiro atoms. The van der Waals surface area contributed by atoms with Gasteiger partial charge in [-0.15, -0.1) is 0 Å². The van der Waals surface area contributed by atoms with Gasteiger partial charge in [0.15, 0.2) is 0 Å². The fraction of sp³-hybridized carbons (Fsp3) is 0.308. The predicted octanol–water partition coefficient (Wildman–Crippen LogP) is 1.77. The Labute approximate surface area is 102 Å². The number of hydrogen-bond acceptors (Lipinski definition) is 3. The molecule has 0 aliphatic carbocycles. The molecule has 4 nitrogen and oxygen atoms in total. The predicted molar refractivity (Wildman–Crippen MR) is 69.9 cm³/mol. The van der Waals surface area contributed by atoms with E-state index in [0.29, 0.717) is 0 Å². The summed E-state index contributed by atoms with van der Waals surface area (Å²) in [5, 5.41) is 10.1. The van der Waals surface area contributed by atoms with Gasteiger partial charge in [-0.25, -0.2) is 0 Å². The molecule has 0 radical (unpaired) electrons. The van der Waals surface area contributed by atoms with Crippen molar-refractivity contribution in [3.05, 3.63) is 47.8 Å². The SMILES string of the molecule is CN(C)c1ccc(CNCc2cn[nH]c2)cc1. The molecule has 0 saturated carbocycles. The molecular weight excluding hydrogens is 212 g/mol. The summed E-state index contributed by atoms with van der Waals surface area (Å²) < 4.78 is 0. The van der Waals surface area contributed by atoms with Crippen LogP contribution < -0.4 is 10.2 Å². The maximum atomic E-state index is 3.91. The van der Waals surface area contributed by atoms with Crippen LogP contribution in [0.5, 0.6) is 0 Å². The zero-order valence-corrected chi connectivity index (χ0v) is 10.3. The van der Waals surface area contributed by atoms with Crippen LogP contribution in [0.1, 0.15) is 11.1 Å². The van der Waals surface area contributed by atoms with Crippen molar-refractivity contribution in [2.45, 2.75) is 13.1 Å². The average molecular weight is 230 g/mol. The molecule has 4 heteroatoms. The van der Waals surface area contributed by atoms with Gasteiger partial charge in [-0.3, -0.25) is 5.10 Å². The highest BCUT2D eigenvalue weighted by molar-refractivity contribution is 5.45. The third kappa shape index (κ3) is 3.32. The highest BCUT2D eigenvalue weighted by Crippen LogP contribution is 2.12. The zero-order chi connectivity index (χ0) is 12.1. The third-order valence-corrected chi connectivity index (χ3v) is 2.67. The van der Waals surface area contributed by atoms with E-state index in [-0.39, 0.29) is 0 Å². The number of H-pyrrole nitrogens is 1. The lowest BCUT2D eigenvalue weighted by Gasteiger charge is -2.12. The standard InChI is InChI=1S/C13H18N4/c1-17(2)13-5-3-11(4-6-13)7-14-8-12-9-15-16-10-12/h3-6,9-10,14H,7-8H2,1-2H3,(H,15,16). The average Bonchev–Trinajstić information content (AvgIpc) is 2.83. The summed E-state index contributed by atoms with van der Waals surface area (Å²) in [6.45, 7) is 1.71.